The van der Waals surface area contributed by atoms with Crippen LogP contribution in [-0.2, 0) is 0 Å². The number of aliphatic hydroxyl groups is 8. The van der Waals surface area contributed by atoms with E-state index >= 15 is 0 Å². The summed E-state index contributed by atoms with van der Waals surface area (Å²) in [6.45, 7) is 19.7. The van der Waals surface area contributed by atoms with Gasteiger partial charge < -0.3 is 40.9 Å². The number of aromatic nitrogens is 4. The minimum Gasteiger partial charge on any atom is -0.393 e. The third kappa shape index (κ3) is 12.3. The zero-order valence-electron chi connectivity index (χ0n) is 66.7. The summed E-state index contributed by atoms with van der Waals surface area (Å²) in [5, 5.41) is 85.8. The van der Waals surface area contributed by atoms with Crippen LogP contribution in [0.4, 0.5) is 0 Å². The molecule has 0 bridgehead atoms. The van der Waals surface area contributed by atoms with Gasteiger partial charge in [-0.25, -0.2) is 0 Å². The van der Waals surface area contributed by atoms with Gasteiger partial charge in [0.05, 0.1) is 59.7 Å². The van der Waals surface area contributed by atoms with Gasteiger partial charge in [-0.3, -0.25) is 9.97 Å². The number of hydrogen-bond acceptors (Lipinski definition) is 10. The van der Waals surface area contributed by atoms with E-state index in [1.165, 1.54) is 85.0 Å². The first-order valence-corrected chi connectivity index (χ1v) is 43.7. The maximum absolute atomic E-state index is 11.3. The predicted molar refractivity (Wildman–Crippen MR) is 424 cm³/mol. The summed E-state index contributed by atoms with van der Waals surface area (Å²) in [6, 6.07) is 21.0. The number of allylic oxidation sites excluding steroid dienone is 8. The molecule has 16 aliphatic carbocycles. The van der Waals surface area contributed by atoms with Crippen LogP contribution in [0.2, 0.25) is 0 Å². The third-order valence-corrected chi connectivity index (χ3v) is 36.8. The fraction of sp³-hybridized carbons (Fsp3) is 0.708. The standard InChI is InChI=1S/2C24H33NO2.2C24H34NO2/c2*1-23-9-7-17(26)12-16(23)13-21(27)22-19-6-5-18(15-4-3-11-25-14-15)24(19,2)10-8-20(22)23;2*1-23-10-8-17(26)14-16(23)15-20(27)22-18-6-7-21(25-12-4-3-5-13-25)24(18,2)11-9-19(22)23/h2*3-5,11,14,16-17,19-22,26-27H,6-10,12-13H2,1-2H3;2*3-5,7,12-13,16-20,22,26-27H,6,8-11,14-15H2,1-2H3/q;;2*+1/t16?,17-,19-,20-,21+,22-,23-,24+;16?,17-,19-,20-,21-,22-,23-,24+;16?,17-,18-,19-,20+,22-,23-,24-;16?,17-,18-,19-,20-,22-,23-,24-/m0000/s1. The van der Waals surface area contributed by atoms with Crippen LogP contribution in [0.5, 0.6) is 0 Å². The third-order valence-electron chi connectivity index (χ3n) is 36.8. The van der Waals surface area contributed by atoms with Crippen molar-refractivity contribution in [3.05, 3.63) is 146 Å². The Morgan fingerprint density at radius 2 is 0.583 bits per heavy atom. The Balaban J connectivity index is 0.000000105. The molecule has 0 saturated heterocycles. The summed E-state index contributed by atoms with van der Waals surface area (Å²) < 4.78 is 4.61. The van der Waals surface area contributed by atoms with E-state index in [9.17, 15) is 40.9 Å². The van der Waals surface area contributed by atoms with Gasteiger partial charge in [-0.05, 0) is 367 Å². The molecule has 12 nitrogen and oxygen atoms in total. The van der Waals surface area contributed by atoms with Gasteiger partial charge in [-0.15, -0.1) is 0 Å². The van der Waals surface area contributed by atoms with E-state index in [0.29, 0.717) is 116 Å². The molecule has 0 amide bonds. The highest BCUT2D eigenvalue weighted by Crippen LogP contribution is 2.72. The van der Waals surface area contributed by atoms with E-state index < -0.39 is 0 Å². The summed E-state index contributed by atoms with van der Waals surface area (Å²) >= 11 is 0. The smallest absolute Gasteiger partial charge is 0.189 e. The SMILES string of the molecule is C[C@]12CC[C@H](O)CC1C[C@@H](O)[C@@H]1[C@@H]2CC[C@]2(C)C([n+]3ccccc3)=CC[C@@H]12.C[C@]12CC[C@H](O)CC1C[C@@H](O)[C@@H]1[C@@H]2CC[C@]2(C)C(c3cccnc3)=CC[C@@H]12.C[C@]12CC[C@H](O)CC1C[C@H](O)[C@@H]1[C@@H]2CC[C@]2(C)C([n+]3ccccc3)=CC[C@@H]12.C[C@]12CC[C@H](O)CC1C[C@H](O)[C@@H]1[C@@H]2CC[C@]2(C)C(c3cccnc3)=CC[C@@H]12. The minimum atomic E-state index is -0.218. The summed E-state index contributed by atoms with van der Waals surface area (Å²) in [6.07, 6.45) is 54.0. The van der Waals surface area contributed by atoms with Crippen LogP contribution < -0.4 is 9.13 Å². The molecule has 0 aliphatic heterocycles. The van der Waals surface area contributed by atoms with Crippen molar-refractivity contribution in [1.82, 2.24) is 9.97 Å². The molecule has 32 atom stereocenters. The monoisotopic (exact) mass is 1470 g/mol. The zero-order valence-corrected chi connectivity index (χ0v) is 66.7. The largest absolute Gasteiger partial charge is 0.393 e. The van der Waals surface area contributed by atoms with Crippen LogP contribution in [0.15, 0.2) is 135 Å². The summed E-state index contributed by atoms with van der Waals surface area (Å²) in [5.41, 5.74) is 10.1. The van der Waals surface area contributed by atoms with Crippen molar-refractivity contribution in [2.45, 2.75) is 284 Å². The van der Waals surface area contributed by atoms with Crippen molar-refractivity contribution in [1.29, 1.82) is 0 Å². The summed E-state index contributed by atoms with van der Waals surface area (Å²) in [7, 11) is 0. The van der Waals surface area contributed by atoms with Crippen molar-refractivity contribution < 1.29 is 50.0 Å². The number of hydrogen-bond donors (Lipinski definition) is 8. The van der Waals surface area contributed by atoms with Crippen molar-refractivity contribution >= 4 is 22.5 Å². The summed E-state index contributed by atoms with van der Waals surface area (Å²) in [5.74, 6) is 8.07. The van der Waals surface area contributed by atoms with Gasteiger partial charge in [0.2, 0.25) is 0 Å². The highest BCUT2D eigenvalue weighted by atomic mass is 16.3. The lowest BCUT2D eigenvalue weighted by molar-refractivity contribution is -0.590. The van der Waals surface area contributed by atoms with Gasteiger partial charge in [0.15, 0.2) is 36.2 Å². The molecule has 0 spiro atoms. The molecule has 12 heteroatoms. The maximum Gasteiger partial charge on any atom is 0.189 e. The maximum atomic E-state index is 11.3. The highest BCUT2D eigenvalue weighted by Gasteiger charge is 2.67. The van der Waals surface area contributed by atoms with Crippen molar-refractivity contribution in [3.63, 3.8) is 0 Å². The van der Waals surface area contributed by atoms with E-state index in [2.05, 4.69) is 172 Å². The highest BCUT2D eigenvalue weighted by molar-refractivity contribution is 5.73. The van der Waals surface area contributed by atoms with E-state index in [-0.39, 0.29) is 70.5 Å². The molecule has 584 valence electrons. The van der Waals surface area contributed by atoms with Gasteiger partial charge in [0, 0.05) is 49.1 Å². The van der Waals surface area contributed by atoms with E-state index in [1.54, 1.807) is 0 Å². The van der Waals surface area contributed by atoms with Crippen LogP contribution in [0.3, 0.4) is 0 Å². The molecule has 20 rings (SSSR count). The molecule has 12 saturated carbocycles. The Labute approximate surface area is 646 Å². The quantitative estimate of drug-likeness (QED) is 0.0911. The Morgan fingerprint density at radius 3 is 0.870 bits per heavy atom. The Hall–Kier alpha value is -4.76. The number of rotatable bonds is 4. The van der Waals surface area contributed by atoms with Crippen LogP contribution in [0.25, 0.3) is 22.5 Å². The normalized spacial score (nSPS) is 49.0. The van der Waals surface area contributed by atoms with Gasteiger partial charge >= 0.3 is 0 Å². The molecule has 4 aromatic rings. The molecular formula is C96H134N4O8+2. The molecule has 16 aliphatic rings. The number of aliphatic hydroxyl groups excluding tert-OH is 8. The van der Waals surface area contributed by atoms with Crippen molar-refractivity contribution in [2.24, 2.45) is 138 Å². The molecule has 108 heavy (non-hydrogen) atoms. The average Bonchev–Trinajstić information content (AvgIpc) is 1.58. The molecule has 0 aromatic carbocycles. The molecule has 4 unspecified atom stereocenters. The van der Waals surface area contributed by atoms with Crippen LogP contribution in [0, 0.1) is 138 Å². The Kier molecular flexibility index (Phi) is 20.1. The summed E-state index contributed by atoms with van der Waals surface area (Å²) in [4.78, 5) is 8.71. The zero-order chi connectivity index (χ0) is 75.2. The topological polar surface area (TPSA) is 195 Å². The van der Waals surface area contributed by atoms with Gasteiger partial charge in [-0.1, -0.05) is 78.0 Å². The average molecular weight is 1470 g/mol. The fourth-order valence-corrected chi connectivity index (χ4v) is 30.9. The molecule has 12 fully saturated rings. The van der Waals surface area contributed by atoms with E-state index in [4.69, 9.17) is 0 Å². The van der Waals surface area contributed by atoms with E-state index in [0.717, 1.165) is 128 Å². The lowest BCUT2D eigenvalue weighted by Gasteiger charge is -2.62. The Bertz CT molecular complexity index is 3490. The molecule has 4 heterocycles. The second kappa shape index (κ2) is 28.7. The first kappa shape index (κ1) is 75.9. The second-order valence-electron chi connectivity index (χ2n) is 41.1. The van der Waals surface area contributed by atoms with Crippen molar-refractivity contribution in [2.75, 3.05) is 0 Å². The van der Waals surface area contributed by atoms with Gasteiger partial charge in [0.25, 0.3) is 0 Å². The second-order valence-corrected chi connectivity index (χ2v) is 41.1. The molecular weight excluding hydrogens is 1340 g/mol. The van der Waals surface area contributed by atoms with E-state index in [1.807, 2.05) is 36.9 Å². The predicted octanol–water partition coefficient (Wildman–Crippen LogP) is 16.5. The van der Waals surface area contributed by atoms with Crippen LogP contribution in [-0.4, -0.2) is 99.7 Å². The fourth-order valence-electron chi connectivity index (χ4n) is 30.9. The molecule has 4 aromatic heterocycles. The number of nitrogens with zero attached hydrogens (tertiary/aromatic N) is 4. The van der Waals surface area contributed by atoms with Crippen molar-refractivity contribution in [3.8, 4) is 0 Å². The minimum absolute atomic E-state index is 0.155. The van der Waals surface area contributed by atoms with Gasteiger partial charge in [0.1, 0.15) is 0 Å². The Morgan fingerprint density at radius 1 is 0.306 bits per heavy atom. The van der Waals surface area contributed by atoms with Crippen LogP contribution in [0.1, 0.15) is 246 Å². The molecule has 8 N–H and O–H groups in total. The lowest BCUT2D eigenvalue weighted by Crippen LogP contribution is -2.59. The first-order valence-electron chi connectivity index (χ1n) is 43.7. The number of fused-ring (bicyclic) bond motifs is 20. The lowest BCUT2D eigenvalue weighted by atomic mass is 9.44. The van der Waals surface area contributed by atoms with Gasteiger partial charge in [-0.2, -0.15) is 9.13 Å². The van der Waals surface area contributed by atoms with Crippen LogP contribution >= 0.6 is 0 Å². The molecule has 0 radical (unpaired) electrons. The number of pyridine rings is 4. The first-order chi connectivity index (χ1) is 51.7.